The van der Waals surface area contributed by atoms with Gasteiger partial charge in [0.1, 0.15) is 5.82 Å². The summed E-state index contributed by atoms with van der Waals surface area (Å²) in [6.45, 7) is 3.90. The summed E-state index contributed by atoms with van der Waals surface area (Å²) in [5.41, 5.74) is 2.33. The van der Waals surface area contributed by atoms with Gasteiger partial charge in [-0.1, -0.05) is 44.2 Å². The fourth-order valence-electron chi connectivity index (χ4n) is 4.20. The van der Waals surface area contributed by atoms with Crippen molar-refractivity contribution in [2.45, 2.75) is 33.1 Å². The molecule has 1 unspecified atom stereocenters. The molecule has 0 spiro atoms. The molecular weight excluding hydrogens is 483 g/mol. The lowest BCUT2D eigenvalue weighted by Gasteiger charge is -2.14. The second-order valence-electron chi connectivity index (χ2n) is 9.39. The number of ketones is 1. The molecule has 1 aromatic heterocycles. The zero-order valence-corrected chi connectivity index (χ0v) is 20.3. The average molecular weight is 510 g/mol. The van der Waals surface area contributed by atoms with Crippen LogP contribution < -0.4 is 5.32 Å². The summed E-state index contributed by atoms with van der Waals surface area (Å²) < 4.78 is 41.7. The van der Waals surface area contributed by atoms with Gasteiger partial charge in [-0.3, -0.25) is 9.59 Å². The number of aromatic nitrogens is 2. The van der Waals surface area contributed by atoms with E-state index in [4.69, 9.17) is 0 Å². The van der Waals surface area contributed by atoms with Crippen molar-refractivity contribution in [3.8, 4) is 11.1 Å². The molecule has 4 rings (SSSR count). The zero-order valence-electron chi connectivity index (χ0n) is 20.3. The fraction of sp³-hybridized carbons (Fsp3) is 0.250. The Balaban J connectivity index is 1.43. The highest BCUT2D eigenvalue weighted by molar-refractivity contribution is 5.96. The van der Waals surface area contributed by atoms with Crippen LogP contribution in [0.25, 0.3) is 22.2 Å². The lowest BCUT2D eigenvalue weighted by atomic mass is 9.91. The van der Waals surface area contributed by atoms with Crippen molar-refractivity contribution in [2.75, 3.05) is 5.32 Å². The largest absolute Gasteiger partial charge is 0.481 e. The Bertz CT molecular complexity index is 1410. The van der Waals surface area contributed by atoms with Gasteiger partial charge in [-0.15, -0.1) is 0 Å². The number of carboxylic acid groups (broad SMARTS) is 1. The molecule has 0 aliphatic heterocycles. The summed E-state index contributed by atoms with van der Waals surface area (Å²) in [4.78, 5) is 30.9. The molecule has 192 valence electrons. The number of aliphatic carboxylic acids is 1. The van der Waals surface area contributed by atoms with E-state index in [-0.39, 0.29) is 47.2 Å². The van der Waals surface area contributed by atoms with Gasteiger partial charge >= 0.3 is 5.97 Å². The van der Waals surface area contributed by atoms with Crippen molar-refractivity contribution in [3.63, 3.8) is 0 Å². The number of Topliss-reactive ketones (excluding diaryl/α,β-unsaturated/α-hetero) is 1. The minimum atomic E-state index is -1.02. The van der Waals surface area contributed by atoms with Crippen LogP contribution in [0.1, 0.15) is 43.5 Å². The maximum absolute atomic E-state index is 14.8. The van der Waals surface area contributed by atoms with E-state index in [2.05, 4.69) is 15.3 Å². The lowest BCUT2D eigenvalue weighted by Crippen LogP contribution is -2.17. The number of benzene rings is 3. The topological polar surface area (TPSA) is 95.1 Å². The number of fused-ring (bicyclic) bond motifs is 1. The molecule has 9 heteroatoms. The van der Waals surface area contributed by atoms with Gasteiger partial charge in [0.05, 0.1) is 22.6 Å². The average Bonchev–Trinajstić information content (AvgIpc) is 3.23. The van der Waals surface area contributed by atoms with Crippen molar-refractivity contribution in [1.29, 1.82) is 0 Å². The van der Waals surface area contributed by atoms with E-state index in [1.165, 1.54) is 12.1 Å². The Labute approximate surface area is 211 Å². The first-order valence-corrected chi connectivity index (χ1v) is 11.9. The summed E-state index contributed by atoms with van der Waals surface area (Å²) in [7, 11) is 0. The van der Waals surface area contributed by atoms with E-state index >= 15 is 0 Å². The number of halogens is 3. The molecule has 6 nitrogen and oxygen atoms in total. The smallest absolute Gasteiger partial charge is 0.306 e. The monoisotopic (exact) mass is 509 g/mol. The maximum atomic E-state index is 14.8. The molecule has 0 amide bonds. The van der Waals surface area contributed by atoms with Gasteiger partial charge in [-0.05, 0) is 42.0 Å². The minimum absolute atomic E-state index is 0.116. The second kappa shape index (κ2) is 10.9. The molecule has 37 heavy (non-hydrogen) atoms. The van der Waals surface area contributed by atoms with Crippen LogP contribution in [0.15, 0.2) is 54.6 Å². The molecule has 1 atom stereocenters. The molecule has 3 aromatic carbocycles. The van der Waals surface area contributed by atoms with Crippen LogP contribution in [0, 0.1) is 29.3 Å². The number of hydrogen-bond donors (Lipinski definition) is 3. The number of carbonyl (C=O) groups is 2. The van der Waals surface area contributed by atoms with Crippen LogP contribution in [0.2, 0.25) is 0 Å². The maximum Gasteiger partial charge on any atom is 0.306 e. The Morgan fingerprint density at radius 2 is 1.62 bits per heavy atom. The predicted molar refractivity (Wildman–Crippen MR) is 135 cm³/mol. The molecule has 3 N–H and O–H groups in total. The number of nitrogens with one attached hydrogen (secondary N) is 2. The highest BCUT2D eigenvalue weighted by atomic mass is 19.2. The Morgan fingerprint density at radius 1 is 0.946 bits per heavy atom. The van der Waals surface area contributed by atoms with Gasteiger partial charge in [0.2, 0.25) is 5.95 Å². The number of nitrogens with zero attached hydrogens (tertiary/aromatic N) is 1. The van der Waals surface area contributed by atoms with E-state index in [9.17, 15) is 27.9 Å². The van der Waals surface area contributed by atoms with Crippen molar-refractivity contribution < 1.29 is 27.9 Å². The van der Waals surface area contributed by atoms with Crippen LogP contribution in [0.3, 0.4) is 0 Å². The third kappa shape index (κ3) is 6.17. The molecule has 0 radical (unpaired) electrons. The van der Waals surface area contributed by atoms with Crippen molar-refractivity contribution in [1.82, 2.24) is 9.97 Å². The molecule has 0 aliphatic rings. The first-order valence-electron chi connectivity index (χ1n) is 11.9. The van der Waals surface area contributed by atoms with E-state index < -0.39 is 29.3 Å². The third-order valence-corrected chi connectivity index (χ3v) is 6.11. The predicted octanol–water partition coefficient (Wildman–Crippen LogP) is 7.10. The van der Waals surface area contributed by atoms with Gasteiger partial charge < -0.3 is 15.4 Å². The van der Waals surface area contributed by atoms with Crippen LogP contribution in [-0.4, -0.2) is 26.8 Å². The summed E-state index contributed by atoms with van der Waals surface area (Å²) >= 11 is 0. The van der Waals surface area contributed by atoms with E-state index in [0.29, 0.717) is 23.1 Å². The van der Waals surface area contributed by atoms with Crippen LogP contribution >= 0.6 is 0 Å². The lowest BCUT2D eigenvalue weighted by molar-refractivity contribution is -0.142. The van der Waals surface area contributed by atoms with Gasteiger partial charge in [-0.2, -0.15) is 0 Å². The number of anilines is 2. The molecule has 4 aromatic rings. The van der Waals surface area contributed by atoms with E-state index in [1.807, 2.05) is 13.8 Å². The summed E-state index contributed by atoms with van der Waals surface area (Å²) in [5, 5.41) is 12.1. The van der Waals surface area contributed by atoms with Crippen LogP contribution in [-0.2, 0) is 4.79 Å². The van der Waals surface area contributed by atoms with Gasteiger partial charge in [0.15, 0.2) is 17.4 Å². The highest BCUT2D eigenvalue weighted by Crippen LogP contribution is 2.28. The van der Waals surface area contributed by atoms with Gasteiger partial charge in [0, 0.05) is 24.1 Å². The number of imidazole rings is 1. The van der Waals surface area contributed by atoms with Crippen LogP contribution in [0.4, 0.5) is 24.8 Å². The van der Waals surface area contributed by atoms with Crippen molar-refractivity contribution >= 4 is 34.4 Å². The van der Waals surface area contributed by atoms with Gasteiger partial charge in [0.25, 0.3) is 0 Å². The molecule has 0 fully saturated rings. The normalized spacial score (nSPS) is 12.2. The SMILES string of the molecule is CC(C)CC(CCC(=O)c1ccc(-c2ccc(Nc3nc4cc(F)c(F)cc4[nH]3)c(F)c2)cc1)C(=O)O. The second-order valence-corrected chi connectivity index (χ2v) is 9.39. The van der Waals surface area contributed by atoms with E-state index in [0.717, 1.165) is 12.1 Å². The number of rotatable bonds is 10. The number of hydrogen-bond acceptors (Lipinski definition) is 4. The molecule has 1 heterocycles. The van der Waals surface area contributed by atoms with Gasteiger partial charge in [-0.25, -0.2) is 18.2 Å². The first-order chi connectivity index (χ1) is 17.6. The quantitative estimate of drug-likeness (QED) is 0.198. The first kappa shape index (κ1) is 25.9. The standard InChI is InChI=1S/C28H26F3N3O3/c1-15(2)11-19(27(36)37)8-10-26(35)17-5-3-16(4-6-17)18-7-9-23(22(31)12-18)32-28-33-24-13-20(29)21(30)14-25(24)34-28/h3-7,9,12-15,19H,8,10-11H2,1-2H3,(H,36,37)(H2,32,33,34). The summed E-state index contributed by atoms with van der Waals surface area (Å²) in [6.07, 6.45) is 0.938. The molecule has 0 bridgehead atoms. The number of aromatic amines is 1. The number of carboxylic acids is 1. The highest BCUT2D eigenvalue weighted by Gasteiger charge is 2.20. The minimum Gasteiger partial charge on any atom is -0.481 e. The fourth-order valence-corrected chi connectivity index (χ4v) is 4.20. The Hall–Kier alpha value is -4.14. The number of carbonyl (C=O) groups excluding carboxylic acids is 1. The summed E-state index contributed by atoms with van der Waals surface area (Å²) in [5.74, 6) is -3.83. The molecule has 0 aliphatic carbocycles. The third-order valence-electron chi connectivity index (χ3n) is 6.11. The molecule has 0 saturated carbocycles. The molecular formula is C28H26F3N3O3. The van der Waals surface area contributed by atoms with Crippen LogP contribution in [0.5, 0.6) is 0 Å². The van der Waals surface area contributed by atoms with Crippen molar-refractivity contribution in [2.24, 2.45) is 11.8 Å². The Kier molecular flexibility index (Phi) is 7.61. The van der Waals surface area contributed by atoms with E-state index in [1.54, 1.807) is 30.3 Å². The van der Waals surface area contributed by atoms with Crippen molar-refractivity contribution in [3.05, 3.63) is 77.6 Å². The number of H-pyrrole nitrogens is 1. The Morgan fingerprint density at radius 3 is 2.27 bits per heavy atom. The molecule has 0 saturated heterocycles. The zero-order chi connectivity index (χ0) is 26.7. The summed E-state index contributed by atoms with van der Waals surface area (Å²) in [6, 6.07) is 13.2.